The summed E-state index contributed by atoms with van der Waals surface area (Å²) in [4.78, 5) is 3.20. The molecule has 1 heterocycles. The zero-order valence-corrected chi connectivity index (χ0v) is 11.6. The van der Waals surface area contributed by atoms with Crippen molar-refractivity contribution in [3.63, 3.8) is 0 Å². The molecule has 0 bridgehead atoms. The van der Waals surface area contributed by atoms with Gasteiger partial charge < -0.3 is 9.55 Å². The van der Waals surface area contributed by atoms with Crippen molar-refractivity contribution in [2.75, 3.05) is 12.0 Å². The summed E-state index contributed by atoms with van der Waals surface area (Å²) in [7, 11) is -0.746. The van der Waals surface area contributed by atoms with Crippen LogP contribution in [0.25, 0.3) is 11.0 Å². The summed E-state index contributed by atoms with van der Waals surface area (Å²) in [6, 6.07) is 8.34. The predicted octanol–water partition coefficient (Wildman–Crippen LogP) is 3.03. The van der Waals surface area contributed by atoms with Gasteiger partial charge in [0.1, 0.15) is 0 Å². The van der Waals surface area contributed by atoms with Crippen LogP contribution in [0.5, 0.6) is 0 Å². The highest BCUT2D eigenvalue weighted by Gasteiger charge is 2.10. The largest absolute Gasteiger partial charge is 0.331 e. The lowest BCUT2D eigenvalue weighted by Gasteiger charge is -2.13. The molecule has 2 aromatic rings. The van der Waals surface area contributed by atoms with E-state index in [2.05, 4.69) is 22.5 Å². The first kappa shape index (κ1) is 12.5. The van der Waals surface area contributed by atoms with Crippen LogP contribution in [0.3, 0.4) is 0 Å². The highest BCUT2D eigenvalue weighted by molar-refractivity contribution is 7.84. The van der Waals surface area contributed by atoms with Gasteiger partial charge in [-0.1, -0.05) is 12.1 Å². The van der Waals surface area contributed by atoms with Crippen LogP contribution in [0.15, 0.2) is 24.3 Å². The molecule has 1 aromatic heterocycles. The van der Waals surface area contributed by atoms with Crippen LogP contribution in [0.2, 0.25) is 0 Å². The van der Waals surface area contributed by atoms with Gasteiger partial charge in [0.2, 0.25) is 0 Å². The monoisotopic (exact) mass is 268 g/mol. The van der Waals surface area contributed by atoms with Gasteiger partial charge in [-0.25, -0.2) is 0 Å². The second-order valence-electron chi connectivity index (χ2n) is 4.23. The van der Waals surface area contributed by atoms with Crippen molar-refractivity contribution in [3.05, 3.63) is 29.0 Å². The Hall–Kier alpha value is -0.940. The Labute approximate surface area is 108 Å². The Morgan fingerprint density at radius 2 is 2.18 bits per heavy atom. The number of H-pyrrole nitrogens is 1. The Morgan fingerprint density at radius 3 is 2.88 bits per heavy atom. The predicted molar refractivity (Wildman–Crippen MR) is 75.4 cm³/mol. The van der Waals surface area contributed by atoms with E-state index in [0.717, 1.165) is 22.2 Å². The maximum Gasteiger partial charge on any atom is 0.178 e. The van der Waals surface area contributed by atoms with Crippen LogP contribution in [-0.4, -0.2) is 25.8 Å². The number of fused-ring (bicyclic) bond motifs is 1. The van der Waals surface area contributed by atoms with E-state index in [4.69, 9.17) is 12.2 Å². The van der Waals surface area contributed by atoms with Gasteiger partial charge in [0.15, 0.2) is 4.77 Å². The van der Waals surface area contributed by atoms with Crippen molar-refractivity contribution in [2.45, 2.75) is 19.4 Å². The van der Waals surface area contributed by atoms with E-state index in [-0.39, 0.29) is 6.04 Å². The SMILES string of the molecule is CC(CCS(C)=O)n1c(=S)[nH]c2ccccc21. The molecule has 17 heavy (non-hydrogen) atoms. The van der Waals surface area contributed by atoms with Gasteiger partial charge in [0.05, 0.1) is 11.0 Å². The summed E-state index contributed by atoms with van der Waals surface area (Å²) < 4.78 is 14.0. The van der Waals surface area contributed by atoms with Crippen molar-refractivity contribution in [1.82, 2.24) is 9.55 Å². The minimum absolute atomic E-state index is 0.266. The van der Waals surface area contributed by atoms with E-state index in [1.165, 1.54) is 0 Å². The summed E-state index contributed by atoms with van der Waals surface area (Å²) in [5, 5.41) is 0. The van der Waals surface area contributed by atoms with Gasteiger partial charge in [-0.05, 0) is 37.7 Å². The van der Waals surface area contributed by atoms with E-state index in [0.29, 0.717) is 5.75 Å². The number of para-hydroxylation sites is 2. The molecule has 0 aliphatic carbocycles. The van der Waals surface area contributed by atoms with E-state index in [9.17, 15) is 4.21 Å². The molecule has 1 aromatic carbocycles. The van der Waals surface area contributed by atoms with E-state index in [1.54, 1.807) is 6.26 Å². The molecule has 0 saturated heterocycles. The summed E-state index contributed by atoms with van der Waals surface area (Å²) in [6.07, 6.45) is 2.61. The minimum atomic E-state index is -0.746. The lowest BCUT2D eigenvalue weighted by Crippen LogP contribution is -2.09. The normalized spacial score (nSPS) is 14.9. The number of imidazole rings is 1. The average molecular weight is 268 g/mol. The van der Waals surface area contributed by atoms with E-state index < -0.39 is 10.8 Å². The summed E-state index contributed by atoms with van der Waals surface area (Å²) in [5.41, 5.74) is 2.17. The highest BCUT2D eigenvalue weighted by atomic mass is 32.2. The van der Waals surface area contributed by atoms with Crippen LogP contribution in [0.1, 0.15) is 19.4 Å². The lowest BCUT2D eigenvalue weighted by atomic mass is 10.2. The zero-order valence-electron chi connectivity index (χ0n) is 9.97. The third kappa shape index (κ3) is 2.66. The fourth-order valence-corrected chi connectivity index (χ4v) is 3.04. The fourth-order valence-electron chi connectivity index (χ4n) is 1.98. The fraction of sp³-hybridized carbons (Fsp3) is 0.417. The molecule has 0 aliphatic heterocycles. The number of hydrogen-bond donors (Lipinski definition) is 1. The minimum Gasteiger partial charge on any atom is -0.331 e. The molecule has 2 unspecified atom stereocenters. The third-order valence-electron chi connectivity index (χ3n) is 2.89. The molecule has 3 nitrogen and oxygen atoms in total. The van der Waals surface area contributed by atoms with Crippen molar-refractivity contribution < 1.29 is 4.21 Å². The van der Waals surface area contributed by atoms with Crippen LogP contribution in [0.4, 0.5) is 0 Å². The van der Waals surface area contributed by atoms with Gasteiger partial charge in [0.25, 0.3) is 0 Å². The molecule has 0 aliphatic rings. The Bertz CT molecular complexity index is 600. The first-order valence-corrected chi connectivity index (χ1v) is 7.72. The molecular weight excluding hydrogens is 252 g/mol. The summed E-state index contributed by atoms with van der Waals surface area (Å²) in [5.74, 6) is 0.711. The Balaban J connectivity index is 2.37. The Morgan fingerprint density at radius 1 is 1.47 bits per heavy atom. The van der Waals surface area contributed by atoms with Crippen LogP contribution < -0.4 is 0 Å². The van der Waals surface area contributed by atoms with Crippen molar-refractivity contribution in [1.29, 1.82) is 0 Å². The molecule has 92 valence electrons. The average Bonchev–Trinajstić information content (AvgIpc) is 2.61. The van der Waals surface area contributed by atoms with E-state index in [1.807, 2.05) is 18.2 Å². The second kappa shape index (κ2) is 5.14. The summed E-state index contributed by atoms with van der Waals surface area (Å²) in [6.45, 7) is 2.11. The number of hydrogen-bond acceptors (Lipinski definition) is 2. The molecule has 5 heteroatoms. The number of nitrogens with one attached hydrogen (secondary N) is 1. The van der Waals surface area contributed by atoms with Gasteiger partial charge in [0, 0.05) is 28.9 Å². The van der Waals surface area contributed by atoms with Gasteiger partial charge in [-0.2, -0.15) is 0 Å². The standard InChI is InChI=1S/C12H16N2OS2/c1-9(7-8-17(2)15)14-11-6-4-3-5-10(11)13-12(14)16/h3-6,9H,7-8H2,1-2H3,(H,13,16). The molecule has 0 fully saturated rings. The quantitative estimate of drug-likeness (QED) is 0.866. The number of aromatic nitrogens is 2. The molecule has 0 saturated carbocycles. The van der Waals surface area contributed by atoms with Crippen molar-refractivity contribution in [2.24, 2.45) is 0 Å². The molecule has 1 N–H and O–H groups in total. The Kier molecular flexibility index (Phi) is 3.79. The molecule has 0 amide bonds. The molecule has 2 atom stereocenters. The zero-order chi connectivity index (χ0) is 12.4. The first-order valence-electron chi connectivity index (χ1n) is 5.59. The highest BCUT2D eigenvalue weighted by Crippen LogP contribution is 2.20. The third-order valence-corrected chi connectivity index (χ3v) is 4.00. The van der Waals surface area contributed by atoms with Gasteiger partial charge >= 0.3 is 0 Å². The van der Waals surface area contributed by atoms with Crippen molar-refractivity contribution in [3.8, 4) is 0 Å². The summed E-state index contributed by atoms with van der Waals surface area (Å²) >= 11 is 5.34. The van der Waals surface area contributed by atoms with Crippen LogP contribution in [-0.2, 0) is 10.8 Å². The number of nitrogens with zero attached hydrogens (tertiary/aromatic N) is 1. The van der Waals surface area contributed by atoms with E-state index >= 15 is 0 Å². The van der Waals surface area contributed by atoms with Crippen LogP contribution in [0, 0.1) is 4.77 Å². The smallest absolute Gasteiger partial charge is 0.178 e. The number of rotatable bonds is 4. The van der Waals surface area contributed by atoms with Gasteiger partial charge in [-0.15, -0.1) is 0 Å². The van der Waals surface area contributed by atoms with Crippen molar-refractivity contribution >= 4 is 34.1 Å². The lowest BCUT2D eigenvalue weighted by molar-refractivity contribution is 0.539. The maximum atomic E-state index is 11.1. The van der Waals surface area contributed by atoms with Gasteiger partial charge in [-0.3, -0.25) is 4.21 Å². The van der Waals surface area contributed by atoms with Crippen LogP contribution >= 0.6 is 12.2 Å². The topological polar surface area (TPSA) is 37.8 Å². The molecular formula is C12H16N2OS2. The molecule has 0 radical (unpaired) electrons. The first-order chi connectivity index (χ1) is 8.09. The second-order valence-corrected chi connectivity index (χ2v) is 6.17. The number of benzene rings is 1. The number of aromatic amines is 1. The molecule has 0 spiro atoms. The molecule has 2 rings (SSSR count). The maximum absolute atomic E-state index is 11.1.